The molecule has 0 heterocycles. The molecular formula is C37H63N15O8S. The monoisotopic (exact) mass is 877 g/mol. The van der Waals surface area contributed by atoms with Crippen LogP contribution in [0.25, 0.3) is 0 Å². The van der Waals surface area contributed by atoms with Crippen LogP contribution in [0.1, 0.15) is 68.3 Å². The van der Waals surface area contributed by atoms with E-state index in [0.29, 0.717) is 36.9 Å². The number of nitrogens with two attached hydrogens (primary N) is 4. The van der Waals surface area contributed by atoms with Gasteiger partial charge in [0.05, 0.1) is 6.61 Å². The van der Waals surface area contributed by atoms with Crippen LogP contribution in [0.4, 0.5) is 0 Å². The summed E-state index contributed by atoms with van der Waals surface area (Å²) < 4.78 is 5.35. The lowest BCUT2D eigenvalue weighted by molar-refractivity contribution is -0.134. The largest absolute Gasteiger partial charge is 0.370 e. The summed E-state index contributed by atoms with van der Waals surface area (Å²) in [6.45, 7) is 3.26. The van der Waals surface area contributed by atoms with Crippen molar-refractivity contribution in [1.82, 2.24) is 42.5 Å². The van der Waals surface area contributed by atoms with Gasteiger partial charge in [0.15, 0.2) is 23.7 Å². The fraction of sp³-hybridized carbons (Fsp3) is 0.568. The zero-order valence-electron chi connectivity index (χ0n) is 34.6. The number of amides is 6. The normalized spacial score (nSPS) is 13.1. The zero-order valence-corrected chi connectivity index (χ0v) is 35.5. The Morgan fingerprint density at radius 2 is 1.10 bits per heavy atom. The number of carbonyl (C=O) groups is 7. The van der Waals surface area contributed by atoms with E-state index in [-0.39, 0.29) is 81.3 Å². The smallest absolute Gasteiger partial charge is 0.246 e. The summed E-state index contributed by atoms with van der Waals surface area (Å²) >= 11 is 4.21. The third-order valence-electron chi connectivity index (χ3n) is 8.89. The van der Waals surface area contributed by atoms with Gasteiger partial charge in [0.1, 0.15) is 30.8 Å². The van der Waals surface area contributed by atoms with Crippen LogP contribution in [0.5, 0.6) is 0 Å². The molecule has 0 saturated carbocycles. The van der Waals surface area contributed by atoms with E-state index >= 15 is 0 Å². The summed E-state index contributed by atoms with van der Waals surface area (Å²) in [5.41, 5.74) is 22.7. The molecule has 0 spiro atoms. The van der Waals surface area contributed by atoms with Gasteiger partial charge in [0, 0.05) is 49.8 Å². The summed E-state index contributed by atoms with van der Waals surface area (Å²) in [6.07, 6.45) is 1.78. The maximum absolute atomic E-state index is 13.7. The second-order valence-electron chi connectivity index (χ2n) is 14.0. The highest BCUT2D eigenvalue weighted by Gasteiger charge is 2.30. The first kappa shape index (κ1) is 52.8. The number of rotatable bonds is 30. The van der Waals surface area contributed by atoms with Crippen molar-refractivity contribution in [2.75, 3.05) is 45.1 Å². The molecule has 0 fully saturated rings. The molecule has 0 aromatic heterocycles. The van der Waals surface area contributed by atoms with E-state index in [1.165, 1.54) is 6.92 Å². The quantitative estimate of drug-likeness (QED) is 0.0117. The van der Waals surface area contributed by atoms with Gasteiger partial charge in [0.25, 0.3) is 0 Å². The standard InChI is InChI=1S/C37H63N15O8S/c1-21(6-3-13-46-35(39)40)31(56)50-25(7-4-14-47-36(41)42)33(58)51-26(8-5-15-48-37(43)44)34(59)52-28(20-61)32(57)45-16-17-60-19-29(54)49-27(30(38)55)18-23-9-11-24(12-10-23)22(2)53/h9-12,21,25-28,61H,3-8,13-20H2,1-2H3,(H2,38,55)(H,45,57)(H,49,54)(H,50,56)(H,51,58)(H,52,59)(H4,39,40,46)(H4,41,42,47)(H4,43,44,48)/t21-,25-,26-,27+,28-/m1/s1. The molecule has 61 heavy (non-hydrogen) atoms. The molecule has 0 aliphatic heterocycles. The van der Waals surface area contributed by atoms with Gasteiger partial charge in [-0.2, -0.15) is 12.6 Å². The van der Waals surface area contributed by atoms with Gasteiger partial charge in [-0.3, -0.25) is 49.8 Å². The number of primary amides is 1. The van der Waals surface area contributed by atoms with Crippen molar-refractivity contribution >= 4 is 71.7 Å². The van der Waals surface area contributed by atoms with Gasteiger partial charge in [-0.1, -0.05) is 31.2 Å². The fourth-order valence-corrected chi connectivity index (χ4v) is 5.77. The third-order valence-corrected chi connectivity index (χ3v) is 9.25. The van der Waals surface area contributed by atoms with E-state index in [0.717, 1.165) is 0 Å². The number of ether oxygens (including phenoxy) is 1. The Kier molecular flexibility index (Phi) is 25.2. The molecule has 0 radical (unpaired) electrons. The van der Waals surface area contributed by atoms with Crippen LogP contribution in [0.2, 0.25) is 0 Å². The highest BCUT2D eigenvalue weighted by molar-refractivity contribution is 7.80. The summed E-state index contributed by atoms with van der Waals surface area (Å²) in [5.74, 6) is -5.40. The number of hydrogen-bond donors (Lipinski definition) is 16. The van der Waals surface area contributed by atoms with Crippen LogP contribution in [0, 0.1) is 22.1 Å². The Morgan fingerprint density at radius 1 is 0.623 bits per heavy atom. The second-order valence-corrected chi connectivity index (χ2v) is 14.4. The lowest BCUT2D eigenvalue weighted by atomic mass is 10.0. The van der Waals surface area contributed by atoms with E-state index in [1.54, 1.807) is 31.2 Å². The SMILES string of the molecule is CC(=O)c1ccc(C[C@H](NC(=O)COCCNC(=O)[C@@H](CS)NC(=O)[C@@H](CCCNC(=N)N)NC(=O)[C@@H](CCCNC(=N)N)NC(=O)[C@H](C)CCCNC(=N)N)C(N)=O)cc1. The van der Waals surface area contributed by atoms with Gasteiger partial charge < -0.3 is 70.2 Å². The molecule has 0 bridgehead atoms. The number of benzene rings is 1. The van der Waals surface area contributed by atoms with Crippen LogP contribution >= 0.6 is 12.6 Å². The summed E-state index contributed by atoms with van der Waals surface area (Å²) in [4.78, 5) is 89.4. The number of Topliss-reactive ketones (excluding diaryl/α,β-unsaturated/α-hetero) is 1. The van der Waals surface area contributed by atoms with Crippen LogP contribution in [-0.4, -0.2) is 128 Å². The maximum atomic E-state index is 13.7. The molecule has 23 nitrogen and oxygen atoms in total. The highest BCUT2D eigenvalue weighted by atomic mass is 32.1. The van der Waals surface area contributed by atoms with E-state index < -0.39 is 72.1 Å². The summed E-state index contributed by atoms with van der Waals surface area (Å²) in [6, 6.07) is 2.02. The van der Waals surface area contributed by atoms with Crippen molar-refractivity contribution in [3.05, 3.63) is 35.4 Å². The van der Waals surface area contributed by atoms with Crippen LogP contribution in [0.3, 0.4) is 0 Å². The molecule has 0 aliphatic carbocycles. The first-order valence-electron chi connectivity index (χ1n) is 19.6. The van der Waals surface area contributed by atoms with E-state index in [9.17, 15) is 33.6 Å². The Hall–Kier alpha value is -6.17. The molecule has 24 heteroatoms. The molecule has 0 unspecified atom stereocenters. The molecule has 6 amide bonds. The van der Waals surface area contributed by atoms with Gasteiger partial charge in [0.2, 0.25) is 35.4 Å². The van der Waals surface area contributed by atoms with Crippen molar-refractivity contribution in [2.45, 2.75) is 83.0 Å². The summed E-state index contributed by atoms with van der Waals surface area (Å²) in [7, 11) is 0. The maximum Gasteiger partial charge on any atom is 0.246 e. The Bertz CT molecular complexity index is 1670. The molecule has 1 rings (SSSR count). The second kappa shape index (κ2) is 29.1. The predicted octanol–water partition coefficient (Wildman–Crippen LogP) is -3.66. The number of ketones is 1. The number of guanidine groups is 3. The fourth-order valence-electron chi connectivity index (χ4n) is 5.52. The minimum absolute atomic E-state index is 0.0452. The number of carbonyl (C=O) groups excluding carboxylic acids is 7. The van der Waals surface area contributed by atoms with Gasteiger partial charge in [-0.15, -0.1) is 0 Å². The molecule has 0 saturated heterocycles. The van der Waals surface area contributed by atoms with Crippen LogP contribution in [0.15, 0.2) is 24.3 Å². The Labute approximate surface area is 360 Å². The number of thiol groups is 1. The zero-order chi connectivity index (χ0) is 45.9. The minimum Gasteiger partial charge on any atom is -0.370 e. The predicted molar refractivity (Wildman–Crippen MR) is 231 cm³/mol. The molecular weight excluding hydrogens is 815 g/mol. The minimum atomic E-state index is -1.20. The van der Waals surface area contributed by atoms with E-state index in [2.05, 4.69) is 55.2 Å². The van der Waals surface area contributed by atoms with Gasteiger partial charge in [-0.05, 0) is 51.0 Å². The van der Waals surface area contributed by atoms with Crippen LogP contribution < -0.4 is 65.5 Å². The first-order valence-corrected chi connectivity index (χ1v) is 20.3. The average Bonchev–Trinajstić information content (AvgIpc) is 3.19. The average molecular weight is 878 g/mol. The van der Waals surface area contributed by atoms with Crippen molar-refractivity contribution in [3.8, 4) is 0 Å². The van der Waals surface area contributed by atoms with Crippen molar-refractivity contribution in [1.29, 1.82) is 16.2 Å². The lowest BCUT2D eigenvalue weighted by Crippen LogP contribution is -2.57. The molecule has 19 N–H and O–H groups in total. The Balaban J connectivity index is 2.87. The van der Waals surface area contributed by atoms with Crippen LogP contribution in [-0.2, 0) is 39.9 Å². The molecule has 5 atom stereocenters. The van der Waals surface area contributed by atoms with Crippen molar-refractivity contribution in [2.24, 2.45) is 28.9 Å². The van der Waals surface area contributed by atoms with Gasteiger partial charge >= 0.3 is 0 Å². The van der Waals surface area contributed by atoms with Crippen molar-refractivity contribution in [3.63, 3.8) is 0 Å². The first-order chi connectivity index (χ1) is 28.8. The van der Waals surface area contributed by atoms with E-state index in [4.69, 9.17) is 43.9 Å². The lowest BCUT2D eigenvalue weighted by Gasteiger charge is -2.26. The van der Waals surface area contributed by atoms with Crippen molar-refractivity contribution < 1.29 is 38.3 Å². The Morgan fingerprint density at radius 3 is 1.56 bits per heavy atom. The summed E-state index contributed by atoms with van der Waals surface area (Å²) in [5, 5.41) is 43.0. The number of hydrogen-bond acceptors (Lipinski definition) is 12. The third kappa shape index (κ3) is 23.3. The van der Waals surface area contributed by atoms with Gasteiger partial charge in [-0.25, -0.2) is 0 Å². The molecule has 1 aromatic rings. The highest BCUT2D eigenvalue weighted by Crippen LogP contribution is 2.10. The molecule has 340 valence electrons. The molecule has 0 aliphatic rings. The number of nitrogens with one attached hydrogen (secondary N) is 11. The topological polar surface area (TPSA) is 401 Å². The molecule has 1 aromatic carbocycles. The van der Waals surface area contributed by atoms with E-state index in [1.807, 2.05) is 0 Å².